The topological polar surface area (TPSA) is 63.7 Å². The van der Waals surface area contributed by atoms with Gasteiger partial charge in [0.1, 0.15) is 12.2 Å². The quantitative estimate of drug-likeness (QED) is 0.524. The van der Waals surface area contributed by atoms with Gasteiger partial charge in [-0.1, -0.05) is 12.8 Å². The lowest BCUT2D eigenvalue weighted by atomic mass is 10.2. The number of hydrogen-bond acceptors (Lipinski definition) is 3. The Balaban J connectivity index is 1.86. The molecule has 23 heavy (non-hydrogen) atoms. The third-order valence-electron chi connectivity index (χ3n) is 3.61. The number of pyridine rings is 1. The normalized spacial score (nSPS) is 17.0. The molecule has 8 heteroatoms. The zero-order valence-corrected chi connectivity index (χ0v) is 12.9. The molecule has 0 radical (unpaired) electrons. The second-order valence-electron chi connectivity index (χ2n) is 5.34. The van der Waals surface area contributed by atoms with Crippen LogP contribution in [0.4, 0.5) is 13.2 Å². The van der Waals surface area contributed by atoms with Crippen molar-refractivity contribution in [1.82, 2.24) is 9.88 Å². The van der Waals surface area contributed by atoms with Gasteiger partial charge < -0.3 is 15.4 Å². The highest BCUT2D eigenvalue weighted by atomic mass is 19.4. The first-order valence-electron chi connectivity index (χ1n) is 7.68. The van der Waals surface area contributed by atoms with E-state index in [9.17, 15) is 13.2 Å². The number of nitrogens with two attached hydrogens (primary N) is 1. The van der Waals surface area contributed by atoms with Crippen LogP contribution in [0.5, 0.6) is 5.88 Å². The second-order valence-corrected chi connectivity index (χ2v) is 5.34. The summed E-state index contributed by atoms with van der Waals surface area (Å²) >= 11 is 0. The van der Waals surface area contributed by atoms with Crippen LogP contribution in [0.15, 0.2) is 23.3 Å². The first kappa shape index (κ1) is 17.4. The lowest BCUT2D eigenvalue weighted by Crippen LogP contribution is -2.38. The average Bonchev–Trinajstić information content (AvgIpc) is 2.80. The van der Waals surface area contributed by atoms with Gasteiger partial charge in [0, 0.05) is 19.3 Å². The summed E-state index contributed by atoms with van der Waals surface area (Å²) in [6, 6.07) is 2.17. The molecule has 1 fully saturated rings. The van der Waals surface area contributed by atoms with Crippen LogP contribution in [0.25, 0.3) is 0 Å². The number of likely N-dealkylation sites (tertiary alicyclic amines) is 1. The van der Waals surface area contributed by atoms with Crippen molar-refractivity contribution in [2.75, 3.05) is 26.2 Å². The van der Waals surface area contributed by atoms with Crippen molar-refractivity contribution in [2.45, 2.75) is 31.9 Å². The van der Waals surface area contributed by atoms with Crippen molar-refractivity contribution < 1.29 is 17.9 Å². The van der Waals surface area contributed by atoms with Gasteiger partial charge in [-0.3, -0.25) is 0 Å². The van der Waals surface area contributed by atoms with E-state index in [1.807, 2.05) is 4.90 Å². The third-order valence-corrected chi connectivity index (χ3v) is 3.61. The van der Waals surface area contributed by atoms with Crippen LogP contribution in [0, 0.1) is 0 Å². The Morgan fingerprint density at radius 1 is 1.26 bits per heavy atom. The van der Waals surface area contributed by atoms with Crippen LogP contribution >= 0.6 is 0 Å². The Morgan fingerprint density at radius 2 is 1.96 bits per heavy atom. The van der Waals surface area contributed by atoms with E-state index in [0.29, 0.717) is 5.96 Å². The Labute approximate surface area is 133 Å². The number of alkyl halides is 3. The molecular formula is C15H21F3N4O. The fourth-order valence-corrected chi connectivity index (χ4v) is 2.42. The van der Waals surface area contributed by atoms with Crippen LogP contribution in [0.3, 0.4) is 0 Å². The predicted octanol–water partition coefficient (Wildman–Crippen LogP) is 2.67. The fraction of sp³-hybridized carbons (Fsp3) is 0.600. The number of ether oxygens (including phenoxy) is 1. The number of rotatable bonds is 4. The number of nitrogens with zero attached hydrogens (tertiary/aromatic N) is 3. The summed E-state index contributed by atoms with van der Waals surface area (Å²) in [5.41, 5.74) is 5.04. The van der Waals surface area contributed by atoms with Gasteiger partial charge in [0.05, 0.1) is 6.54 Å². The van der Waals surface area contributed by atoms with Crippen LogP contribution in [0.1, 0.15) is 31.2 Å². The second kappa shape index (κ2) is 8.03. The van der Waals surface area contributed by atoms with Crippen LogP contribution in [0.2, 0.25) is 0 Å². The van der Waals surface area contributed by atoms with Gasteiger partial charge in [0.2, 0.25) is 5.88 Å². The van der Waals surface area contributed by atoms with Gasteiger partial charge in [-0.2, -0.15) is 13.2 Å². The number of guanidine groups is 1. The van der Waals surface area contributed by atoms with Crippen molar-refractivity contribution in [3.8, 4) is 5.88 Å². The predicted molar refractivity (Wildman–Crippen MR) is 81.3 cm³/mol. The fourth-order valence-electron chi connectivity index (χ4n) is 2.42. The van der Waals surface area contributed by atoms with E-state index in [4.69, 9.17) is 10.5 Å². The van der Waals surface area contributed by atoms with Crippen molar-refractivity contribution in [3.05, 3.63) is 23.9 Å². The van der Waals surface area contributed by atoms with Crippen molar-refractivity contribution in [1.29, 1.82) is 0 Å². The molecule has 0 bridgehead atoms. The summed E-state index contributed by atoms with van der Waals surface area (Å²) in [4.78, 5) is 9.82. The highest BCUT2D eigenvalue weighted by Crippen LogP contribution is 2.34. The van der Waals surface area contributed by atoms with Crippen molar-refractivity contribution in [2.24, 2.45) is 10.7 Å². The van der Waals surface area contributed by atoms with E-state index in [1.54, 1.807) is 0 Å². The molecule has 1 saturated heterocycles. The minimum Gasteiger partial charge on any atom is -0.475 e. The Kier molecular flexibility index (Phi) is 6.06. The summed E-state index contributed by atoms with van der Waals surface area (Å²) in [7, 11) is 0. The molecule has 1 aromatic heterocycles. The third kappa shape index (κ3) is 5.30. The molecule has 0 unspecified atom stereocenters. The van der Waals surface area contributed by atoms with E-state index in [1.165, 1.54) is 25.1 Å². The molecule has 1 aromatic rings. The molecule has 0 atom stereocenters. The van der Waals surface area contributed by atoms with Crippen LogP contribution < -0.4 is 10.5 Å². The molecule has 2 N–H and O–H groups in total. The van der Waals surface area contributed by atoms with Gasteiger partial charge in [0.15, 0.2) is 5.96 Å². The maximum Gasteiger partial charge on any atom is 0.421 e. The number of hydrogen-bond donors (Lipinski definition) is 1. The first-order valence-corrected chi connectivity index (χ1v) is 7.68. The first-order chi connectivity index (χ1) is 11.0. The minimum absolute atomic E-state index is 0.00532. The lowest BCUT2D eigenvalue weighted by Gasteiger charge is -2.21. The Bertz CT molecular complexity index is 526. The van der Waals surface area contributed by atoms with Gasteiger partial charge >= 0.3 is 6.18 Å². The van der Waals surface area contributed by atoms with E-state index in [0.717, 1.165) is 32.0 Å². The lowest BCUT2D eigenvalue weighted by molar-refractivity contribution is -0.139. The highest BCUT2D eigenvalue weighted by molar-refractivity contribution is 5.78. The summed E-state index contributed by atoms with van der Waals surface area (Å²) in [6.07, 6.45) is 1.31. The maximum absolute atomic E-state index is 12.8. The Morgan fingerprint density at radius 3 is 2.61 bits per heavy atom. The maximum atomic E-state index is 12.8. The molecule has 0 aromatic carbocycles. The highest BCUT2D eigenvalue weighted by Gasteiger charge is 2.34. The van der Waals surface area contributed by atoms with Crippen molar-refractivity contribution in [3.63, 3.8) is 0 Å². The SMILES string of the molecule is NC(=NCCOc1ncccc1C(F)(F)F)N1CCCCCC1. The van der Waals surface area contributed by atoms with Gasteiger partial charge in [-0.25, -0.2) is 9.98 Å². The monoisotopic (exact) mass is 330 g/mol. The van der Waals surface area contributed by atoms with E-state index >= 15 is 0 Å². The van der Waals surface area contributed by atoms with Gasteiger partial charge in [-0.15, -0.1) is 0 Å². The zero-order valence-electron chi connectivity index (χ0n) is 12.9. The molecule has 5 nitrogen and oxygen atoms in total. The standard InChI is InChI=1S/C15H21F3N4O/c16-15(17,18)12-6-5-7-20-13(12)23-11-8-21-14(19)22-9-3-1-2-4-10-22/h5-7H,1-4,8-11H2,(H2,19,21). The molecule has 1 aliphatic heterocycles. The number of aliphatic imine (C=N–C) groups is 1. The minimum atomic E-state index is -4.49. The molecule has 0 amide bonds. The van der Waals surface area contributed by atoms with Gasteiger partial charge in [-0.05, 0) is 25.0 Å². The summed E-state index contributed by atoms with van der Waals surface area (Å²) in [5, 5.41) is 0. The van der Waals surface area contributed by atoms with Crippen LogP contribution in [-0.2, 0) is 6.18 Å². The number of aromatic nitrogens is 1. The molecule has 1 aliphatic rings. The zero-order chi connectivity index (χ0) is 16.7. The van der Waals surface area contributed by atoms with E-state index in [-0.39, 0.29) is 13.2 Å². The average molecular weight is 330 g/mol. The summed E-state index contributed by atoms with van der Waals surface area (Å²) < 4.78 is 43.5. The molecule has 128 valence electrons. The summed E-state index contributed by atoms with van der Waals surface area (Å²) in [5.74, 6) is -0.00360. The largest absolute Gasteiger partial charge is 0.475 e. The van der Waals surface area contributed by atoms with E-state index < -0.39 is 17.6 Å². The molecule has 0 saturated carbocycles. The van der Waals surface area contributed by atoms with E-state index in [2.05, 4.69) is 9.98 Å². The van der Waals surface area contributed by atoms with Crippen LogP contribution in [-0.4, -0.2) is 42.1 Å². The molecule has 2 rings (SSSR count). The molecule has 0 spiro atoms. The number of halogens is 3. The molecule has 0 aliphatic carbocycles. The molecule has 2 heterocycles. The molecular weight excluding hydrogens is 309 g/mol. The van der Waals surface area contributed by atoms with Crippen molar-refractivity contribution >= 4 is 5.96 Å². The smallest absolute Gasteiger partial charge is 0.421 e. The summed E-state index contributed by atoms with van der Waals surface area (Å²) in [6.45, 7) is 1.92. The van der Waals surface area contributed by atoms with Gasteiger partial charge in [0.25, 0.3) is 0 Å². The Hall–Kier alpha value is -1.99.